The highest BCUT2D eigenvalue weighted by Gasteiger charge is 2.34. The van der Waals surface area contributed by atoms with Crippen molar-refractivity contribution < 1.29 is 22.4 Å². The number of alkyl halides is 3. The summed E-state index contributed by atoms with van der Waals surface area (Å²) in [4.78, 5) is 20.9. The van der Waals surface area contributed by atoms with Gasteiger partial charge in [-0.05, 0) is 50.0 Å². The van der Waals surface area contributed by atoms with Crippen molar-refractivity contribution >= 4 is 23.1 Å². The molecule has 1 atom stereocenters. The van der Waals surface area contributed by atoms with Gasteiger partial charge < -0.3 is 20.9 Å². The van der Waals surface area contributed by atoms with Crippen molar-refractivity contribution in [3.8, 4) is 0 Å². The fourth-order valence-corrected chi connectivity index (χ4v) is 4.42. The van der Waals surface area contributed by atoms with E-state index in [0.717, 1.165) is 49.5 Å². The second-order valence-electron chi connectivity index (χ2n) is 8.98. The third-order valence-electron chi connectivity index (χ3n) is 5.84. The number of carbonyl (C=O) groups excluding carboxylic acids is 1. The average Bonchev–Trinajstić information content (AvgIpc) is 3.43. The molecule has 1 aromatic carbocycles. The van der Waals surface area contributed by atoms with E-state index in [1.54, 1.807) is 22.4 Å². The summed E-state index contributed by atoms with van der Waals surface area (Å²) in [6, 6.07) is 2.02. The summed E-state index contributed by atoms with van der Waals surface area (Å²) < 4.78 is 52.6. The Bertz CT molecular complexity index is 910. The van der Waals surface area contributed by atoms with Crippen LogP contribution in [0.3, 0.4) is 0 Å². The number of nitrogens with two attached hydrogens (primary N) is 1. The van der Waals surface area contributed by atoms with Crippen LogP contribution in [0.4, 0.5) is 28.0 Å². The molecule has 0 bridgehead atoms. The van der Waals surface area contributed by atoms with E-state index in [9.17, 15) is 22.4 Å². The fourth-order valence-electron chi connectivity index (χ4n) is 3.93. The highest BCUT2D eigenvalue weighted by atomic mass is 32.1. The number of urea groups is 1. The van der Waals surface area contributed by atoms with Gasteiger partial charge in [0.15, 0.2) is 0 Å². The number of halogens is 4. The lowest BCUT2D eigenvalue weighted by molar-refractivity contribution is -0.139. The molecule has 6 nitrogen and oxygen atoms in total. The molecule has 0 spiro atoms. The van der Waals surface area contributed by atoms with Gasteiger partial charge in [-0.15, -0.1) is 11.3 Å². The molecule has 39 heavy (non-hydrogen) atoms. The fraction of sp³-hybridized carbons (Fsp3) is 0.643. The normalized spacial score (nSPS) is 11.8. The number of aromatic nitrogens is 1. The van der Waals surface area contributed by atoms with Crippen molar-refractivity contribution in [2.75, 3.05) is 31.5 Å². The first-order valence-corrected chi connectivity index (χ1v) is 14.6. The molecule has 3 N–H and O–H groups in total. The van der Waals surface area contributed by atoms with Crippen LogP contribution in [0.1, 0.15) is 78.3 Å². The van der Waals surface area contributed by atoms with Crippen LogP contribution in [-0.2, 0) is 12.7 Å². The van der Waals surface area contributed by atoms with E-state index in [-0.39, 0.29) is 17.6 Å². The molecule has 0 saturated heterocycles. The maximum absolute atomic E-state index is 13.6. The lowest BCUT2D eigenvalue weighted by Crippen LogP contribution is -2.48. The Morgan fingerprint density at radius 3 is 2.21 bits per heavy atom. The van der Waals surface area contributed by atoms with E-state index in [1.165, 1.54) is 0 Å². The van der Waals surface area contributed by atoms with E-state index in [4.69, 9.17) is 5.73 Å². The SMILES string of the molecule is CC.CCCC(C(C)C)N(CCN(CC)CCC)C(=O)Nc1ccc(F)c(C(F)(F)F)c1.NCc1nccs1. The number of nitrogens with one attached hydrogen (secondary N) is 1. The summed E-state index contributed by atoms with van der Waals surface area (Å²) in [5.41, 5.74) is 3.78. The summed E-state index contributed by atoms with van der Waals surface area (Å²) in [7, 11) is 0. The van der Waals surface area contributed by atoms with E-state index >= 15 is 0 Å². The summed E-state index contributed by atoms with van der Waals surface area (Å²) >= 11 is 1.59. The molecular formula is C28H47F4N5OS. The van der Waals surface area contributed by atoms with Gasteiger partial charge >= 0.3 is 12.2 Å². The molecule has 2 aromatic rings. The summed E-state index contributed by atoms with van der Waals surface area (Å²) in [5.74, 6) is -1.17. The molecule has 1 unspecified atom stereocenters. The maximum Gasteiger partial charge on any atom is 0.419 e. The second kappa shape index (κ2) is 19.8. The molecule has 224 valence electrons. The lowest BCUT2D eigenvalue weighted by Gasteiger charge is -2.36. The molecule has 0 saturated carbocycles. The Morgan fingerprint density at radius 2 is 1.77 bits per heavy atom. The van der Waals surface area contributed by atoms with Crippen LogP contribution in [0.2, 0.25) is 0 Å². The third kappa shape index (κ3) is 13.6. The number of amides is 2. The van der Waals surface area contributed by atoms with Crippen LogP contribution in [0.15, 0.2) is 29.8 Å². The number of carbonyl (C=O) groups is 1. The minimum Gasteiger partial charge on any atom is -0.325 e. The summed E-state index contributed by atoms with van der Waals surface area (Å²) in [5, 5.41) is 5.47. The highest BCUT2D eigenvalue weighted by molar-refractivity contribution is 7.09. The average molecular weight is 578 g/mol. The van der Waals surface area contributed by atoms with Crippen molar-refractivity contribution in [3.05, 3.63) is 46.2 Å². The molecule has 11 heteroatoms. The highest BCUT2D eigenvalue weighted by Crippen LogP contribution is 2.33. The van der Waals surface area contributed by atoms with Gasteiger partial charge in [0.1, 0.15) is 10.8 Å². The predicted octanol–water partition coefficient (Wildman–Crippen LogP) is 7.86. The third-order valence-corrected chi connectivity index (χ3v) is 6.64. The summed E-state index contributed by atoms with van der Waals surface area (Å²) in [6.45, 7) is 17.7. The zero-order chi connectivity index (χ0) is 30.0. The number of hydrogen-bond donors (Lipinski definition) is 2. The van der Waals surface area contributed by atoms with Crippen LogP contribution in [0, 0.1) is 11.7 Å². The zero-order valence-electron chi connectivity index (χ0n) is 24.4. The number of nitrogens with zero attached hydrogens (tertiary/aromatic N) is 3. The standard InChI is InChI=1S/C22H35F4N3O.C4H6N2S.C2H6/c1-6-9-20(16(4)5)29(14-13-28(8-3)12-7-2)21(30)27-17-10-11-19(23)18(15-17)22(24,25)26;5-3-4-6-1-2-7-4;1-2/h10-11,15-16,20H,6-9,12-14H2,1-5H3,(H,27,30);1-2H,3,5H2;1-2H3. The Kier molecular flexibility index (Phi) is 18.6. The number of likely N-dealkylation sites (N-methyl/N-ethyl adjacent to an activating group) is 1. The van der Waals surface area contributed by atoms with Crippen molar-refractivity contribution in [2.45, 2.75) is 86.5 Å². The van der Waals surface area contributed by atoms with Gasteiger partial charge in [0, 0.05) is 42.9 Å². The number of rotatable bonds is 12. The molecule has 2 rings (SSSR count). The molecule has 0 aliphatic carbocycles. The van der Waals surface area contributed by atoms with Crippen molar-refractivity contribution in [3.63, 3.8) is 0 Å². The van der Waals surface area contributed by atoms with Gasteiger partial charge in [0.2, 0.25) is 0 Å². The summed E-state index contributed by atoms with van der Waals surface area (Å²) in [6.07, 6.45) is -0.393. The first-order valence-electron chi connectivity index (χ1n) is 13.7. The van der Waals surface area contributed by atoms with Crippen LogP contribution < -0.4 is 11.1 Å². The van der Waals surface area contributed by atoms with Gasteiger partial charge in [-0.1, -0.05) is 54.9 Å². The number of hydrogen-bond acceptors (Lipinski definition) is 5. The number of thiazole rings is 1. The molecule has 2 amide bonds. The Hall–Kier alpha value is -2.24. The van der Waals surface area contributed by atoms with E-state index in [1.807, 2.05) is 40.0 Å². The van der Waals surface area contributed by atoms with E-state index in [2.05, 4.69) is 29.0 Å². The zero-order valence-corrected chi connectivity index (χ0v) is 25.3. The van der Waals surface area contributed by atoms with Crippen molar-refractivity contribution in [1.82, 2.24) is 14.8 Å². The maximum atomic E-state index is 13.6. The van der Waals surface area contributed by atoms with E-state index < -0.39 is 23.6 Å². The minimum atomic E-state index is -4.82. The largest absolute Gasteiger partial charge is 0.419 e. The first kappa shape index (κ1) is 36.8. The van der Waals surface area contributed by atoms with Gasteiger partial charge in [0.25, 0.3) is 0 Å². The first-order chi connectivity index (χ1) is 18.5. The number of benzene rings is 1. The predicted molar refractivity (Wildman–Crippen MR) is 154 cm³/mol. The van der Waals surface area contributed by atoms with Gasteiger partial charge in [0.05, 0.1) is 5.56 Å². The van der Waals surface area contributed by atoms with Crippen LogP contribution in [0.25, 0.3) is 0 Å². The van der Waals surface area contributed by atoms with Gasteiger partial charge in [-0.25, -0.2) is 14.2 Å². The Morgan fingerprint density at radius 1 is 1.10 bits per heavy atom. The van der Waals surface area contributed by atoms with Crippen LogP contribution >= 0.6 is 11.3 Å². The van der Waals surface area contributed by atoms with Gasteiger partial charge in [-0.2, -0.15) is 13.2 Å². The molecule has 0 fully saturated rings. The van der Waals surface area contributed by atoms with Crippen LogP contribution in [0.5, 0.6) is 0 Å². The topological polar surface area (TPSA) is 74.5 Å². The lowest BCUT2D eigenvalue weighted by atomic mass is 9.98. The second-order valence-corrected chi connectivity index (χ2v) is 9.96. The minimum absolute atomic E-state index is 0.0436. The Balaban J connectivity index is 0.00000136. The molecule has 1 heterocycles. The molecular weight excluding hydrogens is 530 g/mol. The molecule has 0 aliphatic rings. The Labute approximate surface area is 236 Å². The monoisotopic (exact) mass is 577 g/mol. The van der Waals surface area contributed by atoms with Crippen molar-refractivity contribution in [2.24, 2.45) is 11.7 Å². The quantitative estimate of drug-likeness (QED) is 0.252. The van der Waals surface area contributed by atoms with Crippen molar-refractivity contribution in [1.29, 1.82) is 0 Å². The number of anilines is 1. The molecule has 0 aliphatic heterocycles. The van der Waals surface area contributed by atoms with E-state index in [0.29, 0.717) is 25.7 Å². The molecule has 1 aromatic heterocycles. The smallest absolute Gasteiger partial charge is 0.325 e. The van der Waals surface area contributed by atoms with Gasteiger partial charge in [-0.3, -0.25) is 0 Å². The van der Waals surface area contributed by atoms with Crippen LogP contribution in [-0.4, -0.2) is 53.0 Å². The molecule has 0 radical (unpaired) electrons.